The molecule has 100 valence electrons. The first kappa shape index (κ1) is 13.1. The molecule has 2 aromatic rings. The zero-order valence-electron chi connectivity index (χ0n) is 10.2. The van der Waals surface area contributed by atoms with E-state index in [2.05, 4.69) is 14.9 Å². The van der Waals surface area contributed by atoms with Gasteiger partial charge < -0.3 is 9.26 Å². The van der Waals surface area contributed by atoms with Crippen molar-refractivity contribution in [1.82, 2.24) is 10.1 Å². The first-order chi connectivity index (χ1) is 9.02. The summed E-state index contributed by atoms with van der Waals surface area (Å²) in [5.74, 6) is -3.08. The molecule has 19 heavy (non-hydrogen) atoms. The molecule has 0 fully saturated rings. The van der Waals surface area contributed by atoms with Crippen LogP contribution in [0, 0.1) is 18.6 Å². The third-order valence-electron chi connectivity index (χ3n) is 2.38. The Bertz CT molecular complexity index is 625. The van der Waals surface area contributed by atoms with E-state index in [0.29, 0.717) is 5.56 Å². The zero-order chi connectivity index (χ0) is 14.0. The highest BCUT2D eigenvalue weighted by Gasteiger charge is 2.19. The fourth-order valence-electron chi connectivity index (χ4n) is 1.50. The quantitative estimate of drug-likeness (QED) is 0.800. The molecule has 0 saturated carbocycles. The van der Waals surface area contributed by atoms with E-state index in [1.807, 2.05) is 0 Å². The summed E-state index contributed by atoms with van der Waals surface area (Å²) in [4.78, 5) is 15.1. The number of hydrogen-bond donors (Lipinski definition) is 0. The van der Waals surface area contributed by atoms with Crippen LogP contribution in [0.15, 0.2) is 16.7 Å². The summed E-state index contributed by atoms with van der Waals surface area (Å²) in [5.41, 5.74) is 0.674. The molecule has 0 aliphatic rings. The first-order valence-corrected chi connectivity index (χ1v) is 5.49. The molecule has 5 nitrogen and oxygen atoms in total. The van der Waals surface area contributed by atoms with Crippen molar-refractivity contribution < 1.29 is 22.8 Å². The average Bonchev–Trinajstić information content (AvgIpc) is 2.83. The Balaban J connectivity index is 2.38. The highest BCUT2D eigenvalue weighted by Crippen LogP contribution is 2.23. The van der Waals surface area contributed by atoms with Crippen molar-refractivity contribution >= 4 is 5.97 Å². The molecular weight excluding hydrogens is 258 g/mol. The van der Waals surface area contributed by atoms with Gasteiger partial charge in [0.1, 0.15) is 0 Å². The predicted octanol–water partition coefficient (Wildman–Crippen LogP) is 2.50. The van der Waals surface area contributed by atoms with Gasteiger partial charge >= 0.3 is 11.9 Å². The van der Waals surface area contributed by atoms with Crippen LogP contribution in [0.3, 0.4) is 0 Å². The van der Waals surface area contributed by atoms with Gasteiger partial charge in [-0.25, -0.2) is 13.6 Å². The highest BCUT2D eigenvalue weighted by atomic mass is 19.2. The second kappa shape index (κ2) is 5.13. The summed E-state index contributed by atoms with van der Waals surface area (Å²) in [6, 6.07) is 1.97. The molecule has 1 aromatic heterocycles. The summed E-state index contributed by atoms with van der Waals surface area (Å²) in [5, 5.41) is 3.55. The topological polar surface area (TPSA) is 65.2 Å². The van der Waals surface area contributed by atoms with E-state index in [-0.39, 0.29) is 23.9 Å². The molecule has 1 aromatic carbocycles. The number of hydrogen-bond acceptors (Lipinski definition) is 5. The SMILES string of the molecule is CCOC(=O)c1nc(-c2cc(F)c(F)cc2C)no1. The van der Waals surface area contributed by atoms with Gasteiger partial charge in [-0.05, 0) is 31.5 Å². The normalized spacial score (nSPS) is 10.5. The third kappa shape index (κ3) is 2.59. The number of esters is 1. The number of aromatic nitrogens is 2. The Kier molecular flexibility index (Phi) is 3.55. The Morgan fingerprint density at radius 3 is 2.74 bits per heavy atom. The molecule has 0 radical (unpaired) electrons. The maximum absolute atomic E-state index is 13.2. The number of carbonyl (C=O) groups is 1. The van der Waals surface area contributed by atoms with Gasteiger partial charge in [-0.1, -0.05) is 5.16 Å². The Hall–Kier alpha value is -2.31. The molecule has 7 heteroatoms. The first-order valence-electron chi connectivity index (χ1n) is 5.49. The maximum Gasteiger partial charge on any atom is 0.397 e. The zero-order valence-corrected chi connectivity index (χ0v) is 10.2. The number of aryl methyl sites for hydroxylation is 1. The molecule has 0 aliphatic carbocycles. The van der Waals surface area contributed by atoms with Gasteiger partial charge in [0, 0.05) is 5.56 Å². The van der Waals surface area contributed by atoms with Crippen molar-refractivity contribution in [3.05, 3.63) is 35.2 Å². The number of ether oxygens (including phenoxy) is 1. The van der Waals surface area contributed by atoms with Gasteiger partial charge in [-0.2, -0.15) is 4.98 Å². The van der Waals surface area contributed by atoms with Crippen molar-refractivity contribution in [2.45, 2.75) is 13.8 Å². The van der Waals surface area contributed by atoms with Gasteiger partial charge in [0.15, 0.2) is 11.6 Å². The Morgan fingerprint density at radius 2 is 2.05 bits per heavy atom. The average molecular weight is 268 g/mol. The number of nitrogens with zero attached hydrogens (tertiary/aromatic N) is 2. The minimum atomic E-state index is -1.02. The lowest BCUT2D eigenvalue weighted by Gasteiger charge is -2.01. The van der Waals surface area contributed by atoms with Crippen LogP contribution in [-0.4, -0.2) is 22.7 Å². The van der Waals surface area contributed by atoms with Crippen molar-refractivity contribution in [2.75, 3.05) is 6.61 Å². The predicted molar refractivity (Wildman–Crippen MR) is 60.3 cm³/mol. The molecule has 0 spiro atoms. The molecule has 1 heterocycles. The maximum atomic E-state index is 13.2. The van der Waals surface area contributed by atoms with E-state index < -0.39 is 17.6 Å². The van der Waals surface area contributed by atoms with Crippen LogP contribution < -0.4 is 0 Å². The van der Waals surface area contributed by atoms with Gasteiger partial charge in [0.2, 0.25) is 5.82 Å². The van der Waals surface area contributed by atoms with Crippen LogP contribution in [0.5, 0.6) is 0 Å². The number of halogens is 2. The summed E-state index contributed by atoms with van der Waals surface area (Å²) in [6.45, 7) is 3.37. The molecule has 0 aliphatic heterocycles. The van der Waals surface area contributed by atoms with Crippen molar-refractivity contribution in [2.24, 2.45) is 0 Å². The second-order valence-corrected chi connectivity index (χ2v) is 3.72. The van der Waals surface area contributed by atoms with Crippen molar-refractivity contribution in [1.29, 1.82) is 0 Å². The monoisotopic (exact) mass is 268 g/mol. The molecule has 0 amide bonds. The fraction of sp³-hybridized carbons (Fsp3) is 0.250. The summed E-state index contributed by atoms with van der Waals surface area (Å²) >= 11 is 0. The minimum Gasteiger partial charge on any atom is -0.459 e. The molecule has 2 rings (SSSR count). The summed E-state index contributed by atoms with van der Waals surface area (Å²) in [7, 11) is 0. The van der Waals surface area contributed by atoms with E-state index in [4.69, 9.17) is 4.52 Å². The largest absolute Gasteiger partial charge is 0.459 e. The molecule has 0 saturated heterocycles. The van der Waals surface area contributed by atoms with Crippen LogP contribution in [0.1, 0.15) is 23.2 Å². The molecular formula is C12H10F2N2O3. The molecule has 0 bridgehead atoms. The van der Waals surface area contributed by atoms with Crippen LogP contribution >= 0.6 is 0 Å². The lowest BCUT2D eigenvalue weighted by Crippen LogP contribution is -2.04. The molecule has 0 atom stereocenters. The smallest absolute Gasteiger partial charge is 0.397 e. The lowest BCUT2D eigenvalue weighted by atomic mass is 10.1. The van der Waals surface area contributed by atoms with E-state index in [0.717, 1.165) is 12.1 Å². The van der Waals surface area contributed by atoms with Crippen LogP contribution in [0.4, 0.5) is 8.78 Å². The summed E-state index contributed by atoms with van der Waals surface area (Å²) in [6.07, 6.45) is 0. The van der Waals surface area contributed by atoms with Crippen molar-refractivity contribution in [3.8, 4) is 11.4 Å². The lowest BCUT2D eigenvalue weighted by molar-refractivity contribution is 0.0470. The van der Waals surface area contributed by atoms with Crippen LogP contribution in [-0.2, 0) is 4.74 Å². The fourth-order valence-corrected chi connectivity index (χ4v) is 1.50. The van der Waals surface area contributed by atoms with E-state index in [1.165, 1.54) is 0 Å². The standard InChI is InChI=1S/C12H10F2N2O3/c1-3-18-12(17)11-15-10(16-19-11)7-5-9(14)8(13)4-6(7)2/h4-5H,3H2,1-2H3. The third-order valence-corrected chi connectivity index (χ3v) is 2.38. The van der Waals surface area contributed by atoms with E-state index in [9.17, 15) is 13.6 Å². The van der Waals surface area contributed by atoms with Crippen molar-refractivity contribution in [3.63, 3.8) is 0 Å². The highest BCUT2D eigenvalue weighted by molar-refractivity contribution is 5.84. The summed E-state index contributed by atoms with van der Waals surface area (Å²) < 4.78 is 35.6. The number of benzene rings is 1. The Labute approximate surface area is 107 Å². The minimum absolute atomic E-state index is 0.000506. The van der Waals surface area contributed by atoms with Gasteiger partial charge in [-0.15, -0.1) is 0 Å². The second-order valence-electron chi connectivity index (χ2n) is 3.72. The number of rotatable bonds is 3. The molecule has 0 unspecified atom stereocenters. The van der Waals surface area contributed by atoms with Gasteiger partial charge in [0.05, 0.1) is 6.61 Å². The van der Waals surface area contributed by atoms with E-state index >= 15 is 0 Å². The van der Waals surface area contributed by atoms with E-state index in [1.54, 1.807) is 13.8 Å². The molecule has 0 N–H and O–H groups in total. The van der Waals surface area contributed by atoms with Gasteiger partial charge in [0.25, 0.3) is 0 Å². The van der Waals surface area contributed by atoms with Crippen LogP contribution in [0.2, 0.25) is 0 Å². The Morgan fingerprint density at radius 1 is 1.37 bits per heavy atom. The number of carbonyl (C=O) groups excluding carboxylic acids is 1. The van der Waals surface area contributed by atoms with Gasteiger partial charge in [-0.3, -0.25) is 0 Å². The van der Waals surface area contributed by atoms with Crippen LogP contribution in [0.25, 0.3) is 11.4 Å².